The number of carbonyl (C=O) groups excluding carboxylic acids is 2. The third-order valence-electron chi connectivity index (χ3n) is 3.72. The van der Waals surface area contributed by atoms with Crippen LogP contribution in [-0.4, -0.2) is 37.6 Å². The maximum atomic E-state index is 12.7. The molecule has 0 unspecified atom stereocenters. The van der Waals surface area contributed by atoms with Gasteiger partial charge < -0.3 is 14.7 Å². The van der Waals surface area contributed by atoms with Crippen LogP contribution < -0.4 is 4.90 Å². The molecule has 5 heteroatoms. The summed E-state index contributed by atoms with van der Waals surface area (Å²) >= 11 is 0. The molecule has 0 atom stereocenters. The molecule has 2 rings (SSSR count). The molecule has 5 nitrogen and oxygen atoms in total. The molecule has 23 heavy (non-hydrogen) atoms. The number of phenols is 1. The van der Waals surface area contributed by atoms with Gasteiger partial charge in [-0.15, -0.1) is 0 Å². The summed E-state index contributed by atoms with van der Waals surface area (Å²) in [5.41, 5.74) is 1.33. The number of rotatable bonds is 5. The molecule has 0 amide bonds. The largest absolute Gasteiger partial charge is 0.507 e. The summed E-state index contributed by atoms with van der Waals surface area (Å²) in [7, 11) is 3.15. The summed E-state index contributed by atoms with van der Waals surface area (Å²) in [4.78, 5) is 26.4. The van der Waals surface area contributed by atoms with Crippen LogP contribution in [0, 0.1) is 0 Å². The van der Waals surface area contributed by atoms with Gasteiger partial charge in [-0.3, -0.25) is 4.79 Å². The molecule has 0 aliphatic rings. The fraction of sp³-hybridized carbons (Fsp3) is 0.222. The van der Waals surface area contributed by atoms with Gasteiger partial charge in [-0.2, -0.15) is 0 Å². The number of aromatic hydroxyl groups is 1. The van der Waals surface area contributed by atoms with Crippen LogP contribution in [0.4, 0.5) is 5.69 Å². The van der Waals surface area contributed by atoms with E-state index < -0.39 is 11.8 Å². The molecule has 2 aromatic carbocycles. The molecule has 2 aromatic rings. The van der Waals surface area contributed by atoms with E-state index in [0.29, 0.717) is 0 Å². The lowest BCUT2D eigenvalue weighted by molar-refractivity contribution is 0.0597. The number of anilines is 1. The molecule has 0 heterocycles. The molecular formula is C18H19NO4. The van der Waals surface area contributed by atoms with Crippen molar-refractivity contribution in [3.05, 3.63) is 59.2 Å². The molecule has 0 saturated carbocycles. The molecule has 0 saturated heterocycles. The van der Waals surface area contributed by atoms with Crippen molar-refractivity contribution in [2.75, 3.05) is 25.6 Å². The van der Waals surface area contributed by atoms with Gasteiger partial charge in [0.25, 0.3) is 0 Å². The number of hydrogen-bond donors (Lipinski definition) is 1. The number of phenolic OH excluding ortho intramolecular Hbond substituents is 1. The van der Waals surface area contributed by atoms with Crippen molar-refractivity contribution < 1.29 is 19.4 Å². The summed E-state index contributed by atoms with van der Waals surface area (Å²) < 4.78 is 4.70. The number of ether oxygens (including phenoxy) is 1. The van der Waals surface area contributed by atoms with Crippen LogP contribution in [0.25, 0.3) is 0 Å². The predicted octanol–water partition coefficient (Wildman–Crippen LogP) is 2.87. The number of nitrogens with zero attached hydrogens (tertiary/aromatic N) is 1. The van der Waals surface area contributed by atoms with Gasteiger partial charge in [0.15, 0.2) is 5.78 Å². The number of benzene rings is 2. The quantitative estimate of drug-likeness (QED) is 0.679. The summed E-state index contributed by atoms with van der Waals surface area (Å²) in [6, 6.07) is 11.2. The average Bonchev–Trinajstić information content (AvgIpc) is 2.59. The van der Waals surface area contributed by atoms with E-state index in [0.717, 1.165) is 12.2 Å². The minimum atomic E-state index is -0.587. The predicted molar refractivity (Wildman–Crippen MR) is 88.3 cm³/mol. The lowest BCUT2D eigenvalue weighted by Crippen LogP contribution is -2.16. The molecule has 0 fully saturated rings. The Labute approximate surface area is 135 Å². The molecule has 0 bridgehead atoms. The second-order valence-electron chi connectivity index (χ2n) is 5.08. The first kappa shape index (κ1) is 16.5. The van der Waals surface area contributed by atoms with Crippen molar-refractivity contribution >= 4 is 17.4 Å². The lowest BCUT2D eigenvalue weighted by atomic mass is 9.97. The zero-order chi connectivity index (χ0) is 17.0. The summed E-state index contributed by atoms with van der Waals surface area (Å²) in [5.74, 6) is -1.13. The highest BCUT2D eigenvalue weighted by molar-refractivity contribution is 6.15. The normalized spacial score (nSPS) is 10.2. The Morgan fingerprint density at radius 3 is 2.30 bits per heavy atom. The van der Waals surface area contributed by atoms with Crippen LogP contribution in [0.5, 0.6) is 5.75 Å². The maximum absolute atomic E-state index is 12.7. The number of esters is 1. The minimum Gasteiger partial charge on any atom is -0.507 e. The average molecular weight is 313 g/mol. The zero-order valence-corrected chi connectivity index (χ0v) is 13.4. The van der Waals surface area contributed by atoms with Gasteiger partial charge in [-0.1, -0.05) is 18.2 Å². The van der Waals surface area contributed by atoms with E-state index in [9.17, 15) is 14.7 Å². The smallest absolute Gasteiger partial charge is 0.338 e. The standard InChI is InChI=1S/C18H19NO4/c1-4-19(2)12-9-10-15(16(20)11-12)17(21)13-7-5-6-8-14(13)18(22)23-3/h5-11,20H,4H2,1-3H3. The first-order valence-electron chi connectivity index (χ1n) is 7.25. The second kappa shape index (κ2) is 6.96. The van der Waals surface area contributed by atoms with Gasteiger partial charge in [-0.25, -0.2) is 4.79 Å². The van der Waals surface area contributed by atoms with Crippen LogP contribution in [0.1, 0.15) is 33.2 Å². The molecule has 0 aliphatic carbocycles. The molecule has 0 aromatic heterocycles. The molecule has 0 spiro atoms. The minimum absolute atomic E-state index is 0.118. The van der Waals surface area contributed by atoms with E-state index >= 15 is 0 Å². The van der Waals surface area contributed by atoms with Gasteiger partial charge in [0.05, 0.1) is 18.2 Å². The third-order valence-corrected chi connectivity index (χ3v) is 3.72. The van der Waals surface area contributed by atoms with Crippen LogP contribution in [0.2, 0.25) is 0 Å². The van der Waals surface area contributed by atoms with Crippen LogP contribution >= 0.6 is 0 Å². The molecule has 0 radical (unpaired) electrons. The number of hydrogen-bond acceptors (Lipinski definition) is 5. The molecule has 0 aliphatic heterocycles. The first-order chi connectivity index (χ1) is 11.0. The Balaban J connectivity index is 2.44. The maximum Gasteiger partial charge on any atom is 0.338 e. The number of ketones is 1. The van der Waals surface area contributed by atoms with E-state index in [4.69, 9.17) is 4.74 Å². The molecular weight excluding hydrogens is 294 g/mol. The van der Waals surface area contributed by atoms with Gasteiger partial charge in [0.1, 0.15) is 5.75 Å². The van der Waals surface area contributed by atoms with E-state index in [1.54, 1.807) is 30.3 Å². The Kier molecular flexibility index (Phi) is 5.01. The number of methoxy groups -OCH3 is 1. The Bertz CT molecular complexity index is 740. The fourth-order valence-electron chi connectivity index (χ4n) is 2.25. The first-order valence-corrected chi connectivity index (χ1v) is 7.25. The lowest BCUT2D eigenvalue weighted by Gasteiger charge is -2.17. The zero-order valence-electron chi connectivity index (χ0n) is 13.4. The van der Waals surface area contributed by atoms with Crippen molar-refractivity contribution in [2.45, 2.75) is 6.92 Å². The Hall–Kier alpha value is -2.82. The van der Waals surface area contributed by atoms with E-state index in [2.05, 4.69) is 0 Å². The van der Waals surface area contributed by atoms with Crippen molar-refractivity contribution in [1.29, 1.82) is 0 Å². The van der Waals surface area contributed by atoms with E-state index in [-0.39, 0.29) is 22.4 Å². The number of carbonyl (C=O) groups is 2. The Morgan fingerprint density at radius 1 is 1.09 bits per heavy atom. The van der Waals surface area contributed by atoms with Crippen molar-refractivity contribution in [3.8, 4) is 5.75 Å². The van der Waals surface area contributed by atoms with Crippen LogP contribution in [-0.2, 0) is 4.74 Å². The monoisotopic (exact) mass is 313 g/mol. The molecule has 1 N–H and O–H groups in total. The topological polar surface area (TPSA) is 66.8 Å². The van der Waals surface area contributed by atoms with Gasteiger partial charge >= 0.3 is 5.97 Å². The summed E-state index contributed by atoms with van der Waals surface area (Å²) in [6.45, 7) is 2.76. The second-order valence-corrected chi connectivity index (χ2v) is 5.08. The SMILES string of the molecule is CCN(C)c1ccc(C(=O)c2ccccc2C(=O)OC)c(O)c1. The highest BCUT2D eigenvalue weighted by Crippen LogP contribution is 2.27. The summed E-state index contributed by atoms with van der Waals surface area (Å²) in [5, 5.41) is 10.2. The highest BCUT2D eigenvalue weighted by atomic mass is 16.5. The van der Waals surface area contributed by atoms with Gasteiger partial charge in [0.2, 0.25) is 0 Å². The summed E-state index contributed by atoms with van der Waals surface area (Å²) in [6.07, 6.45) is 0. The van der Waals surface area contributed by atoms with Crippen molar-refractivity contribution in [2.24, 2.45) is 0 Å². The highest BCUT2D eigenvalue weighted by Gasteiger charge is 2.21. The van der Waals surface area contributed by atoms with Crippen molar-refractivity contribution in [3.63, 3.8) is 0 Å². The van der Waals surface area contributed by atoms with Gasteiger partial charge in [-0.05, 0) is 25.1 Å². The fourth-order valence-corrected chi connectivity index (χ4v) is 2.25. The van der Waals surface area contributed by atoms with Crippen LogP contribution in [0.15, 0.2) is 42.5 Å². The van der Waals surface area contributed by atoms with Crippen molar-refractivity contribution in [1.82, 2.24) is 0 Å². The Morgan fingerprint density at radius 2 is 1.74 bits per heavy atom. The molecule has 120 valence electrons. The van der Waals surface area contributed by atoms with E-state index in [1.165, 1.54) is 19.2 Å². The van der Waals surface area contributed by atoms with Crippen LogP contribution in [0.3, 0.4) is 0 Å². The van der Waals surface area contributed by atoms with E-state index in [1.807, 2.05) is 18.9 Å². The van der Waals surface area contributed by atoms with Gasteiger partial charge in [0, 0.05) is 30.9 Å². The third kappa shape index (κ3) is 3.34.